The number of hydrogen-bond acceptors (Lipinski definition) is 5. The standard InChI is InChI=1S/C19H20N4O3S/c1-11(24)22(2)9-8-13-12-6-4-5-7-15(12)20-16(13)10-14-17(25)21-19(27)23(3)18(14)26/h4-7,10,26H,8-9H2,1-3H3,(H,21,25,27)/b16-10-. The Labute approximate surface area is 160 Å². The molecule has 1 aromatic heterocycles. The predicted octanol–water partition coefficient (Wildman–Crippen LogP) is 0.842. The lowest BCUT2D eigenvalue weighted by Gasteiger charge is -2.15. The number of fused-ring (bicyclic) bond motifs is 1. The molecule has 0 unspecified atom stereocenters. The number of carbonyl (C=O) groups is 1. The third-order valence-electron chi connectivity index (χ3n) is 4.62. The van der Waals surface area contributed by atoms with Crippen molar-refractivity contribution in [2.75, 3.05) is 13.6 Å². The average molecular weight is 384 g/mol. The average Bonchev–Trinajstić information content (AvgIpc) is 2.98. The fourth-order valence-electron chi connectivity index (χ4n) is 2.87. The van der Waals surface area contributed by atoms with Crippen molar-refractivity contribution in [3.63, 3.8) is 0 Å². The van der Waals surface area contributed by atoms with Crippen LogP contribution in [0.1, 0.15) is 18.9 Å². The fourth-order valence-corrected chi connectivity index (χ4v) is 3.05. The monoisotopic (exact) mass is 384 g/mol. The Hall–Kier alpha value is -3.00. The fraction of sp³-hybridized carbons (Fsp3) is 0.263. The molecule has 140 valence electrons. The van der Waals surface area contributed by atoms with E-state index in [2.05, 4.69) is 9.98 Å². The van der Waals surface area contributed by atoms with Crippen LogP contribution in [0.5, 0.6) is 5.88 Å². The van der Waals surface area contributed by atoms with Gasteiger partial charge in [-0.25, -0.2) is 4.99 Å². The van der Waals surface area contributed by atoms with Gasteiger partial charge in [0.1, 0.15) is 5.56 Å². The second-order valence-corrected chi connectivity index (χ2v) is 6.77. The van der Waals surface area contributed by atoms with Crippen LogP contribution in [-0.4, -0.2) is 39.1 Å². The highest BCUT2D eigenvalue weighted by molar-refractivity contribution is 7.71. The molecule has 0 atom stereocenters. The third kappa shape index (κ3) is 3.61. The number of nitrogens with one attached hydrogen (secondary N) is 1. The molecule has 27 heavy (non-hydrogen) atoms. The molecule has 2 aromatic rings. The number of aromatic hydroxyl groups is 1. The van der Waals surface area contributed by atoms with E-state index in [-0.39, 0.29) is 22.1 Å². The maximum atomic E-state index is 12.3. The zero-order valence-electron chi connectivity index (χ0n) is 15.3. The van der Waals surface area contributed by atoms with E-state index >= 15 is 0 Å². The Morgan fingerprint density at radius 2 is 2.11 bits per heavy atom. The van der Waals surface area contributed by atoms with Crippen LogP contribution in [0.15, 0.2) is 39.7 Å². The van der Waals surface area contributed by atoms with Crippen molar-refractivity contribution in [2.24, 2.45) is 12.0 Å². The number of carbonyl (C=O) groups excluding carboxylic acids is 1. The number of amides is 1. The molecule has 1 aliphatic rings. The van der Waals surface area contributed by atoms with Gasteiger partial charge in [-0.15, -0.1) is 0 Å². The molecular formula is C19H20N4O3S. The number of allylic oxidation sites excluding steroid dienone is 1. The van der Waals surface area contributed by atoms with Gasteiger partial charge in [0.15, 0.2) is 4.77 Å². The van der Waals surface area contributed by atoms with Crippen molar-refractivity contribution in [1.82, 2.24) is 14.5 Å². The predicted molar refractivity (Wildman–Crippen MR) is 105 cm³/mol. The molecule has 0 fully saturated rings. The van der Waals surface area contributed by atoms with Crippen molar-refractivity contribution in [2.45, 2.75) is 13.3 Å². The molecule has 2 heterocycles. The summed E-state index contributed by atoms with van der Waals surface area (Å²) in [4.78, 5) is 32.6. The number of hydrogen-bond donors (Lipinski definition) is 2. The first-order valence-corrected chi connectivity index (χ1v) is 8.83. The first kappa shape index (κ1) is 18.8. The second kappa shape index (κ2) is 7.32. The van der Waals surface area contributed by atoms with Crippen LogP contribution in [0.2, 0.25) is 0 Å². The van der Waals surface area contributed by atoms with Gasteiger partial charge < -0.3 is 10.0 Å². The van der Waals surface area contributed by atoms with Crippen LogP contribution in [0.3, 0.4) is 0 Å². The smallest absolute Gasteiger partial charge is 0.262 e. The summed E-state index contributed by atoms with van der Waals surface area (Å²) in [7, 11) is 3.31. The molecular weight excluding hydrogens is 364 g/mol. The minimum absolute atomic E-state index is 0.0218. The van der Waals surface area contributed by atoms with E-state index < -0.39 is 5.56 Å². The zero-order chi connectivity index (χ0) is 19.7. The van der Waals surface area contributed by atoms with Crippen LogP contribution < -0.4 is 16.1 Å². The number of para-hydroxylation sites is 1. The lowest BCUT2D eigenvalue weighted by molar-refractivity contribution is -0.127. The maximum absolute atomic E-state index is 12.3. The van der Waals surface area contributed by atoms with E-state index in [1.54, 1.807) is 25.1 Å². The Balaban J connectivity index is 2.13. The van der Waals surface area contributed by atoms with Crippen LogP contribution in [0.4, 0.5) is 0 Å². The molecule has 0 spiro atoms. The second-order valence-electron chi connectivity index (χ2n) is 6.38. The van der Waals surface area contributed by atoms with E-state index in [1.165, 1.54) is 11.5 Å². The Kier molecular flexibility index (Phi) is 5.09. The molecule has 1 amide bonds. The highest BCUT2D eigenvalue weighted by Crippen LogP contribution is 2.23. The molecule has 1 aromatic carbocycles. The van der Waals surface area contributed by atoms with Crippen LogP contribution in [0, 0.1) is 4.77 Å². The lowest BCUT2D eigenvalue weighted by atomic mass is 10.1. The van der Waals surface area contributed by atoms with Gasteiger partial charge in [0, 0.05) is 32.8 Å². The third-order valence-corrected chi connectivity index (χ3v) is 5.00. The first-order valence-electron chi connectivity index (χ1n) is 8.42. The molecule has 8 heteroatoms. The molecule has 2 N–H and O–H groups in total. The molecule has 3 rings (SSSR count). The molecule has 0 bridgehead atoms. The largest absolute Gasteiger partial charge is 0.494 e. The number of aromatic amines is 1. The van der Waals surface area contributed by atoms with Crippen molar-refractivity contribution >= 4 is 29.8 Å². The highest BCUT2D eigenvalue weighted by Gasteiger charge is 2.17. The topological polar surface area (TPSA) is 90.7 Å². The summed E-state index contributed by atoms with van der Waals surface area (Å²) in [6, 6.07) is 7.66. The number of benzene rings is 1. The zero-order valence-corrected chi connectivity index (χ0v) is 16.1. The van der Waals surface area contributed by atoms with Crippen molar-refractivity contribution in [1.29, 1.82) is 0 Å². The number of aromatic nitrogens is 2. The maximum Gasteiger partial charge on any atom is 0.262 e. The van der Waals surface area contributed by atoms with E-state index in [4.69, 9.17) is 12.2 Å². The molecule has 7 nitrogen and oxygen atoms in total. The first-order chi connectivity index (χ1) is 12.8. The summed E-state index contributed by atoms with van der Waals surface area (Å²) < 4.78 is 1.47. The molecule has 1 aliphatic heterocycles. The van der Waals surface area contributed by atoms with E-state index in [0.29, 0.717) is 18.7 Å². The SMILES string of the molecule is CC(=O)N(C)CCC1=c2ccccc2=N/C1=C\c1c(O)n(C)c(=S)[nH]c1=O. The Bertz CT molecular complexity index is 1190. The molecule has 0 saturated carbocycles. The van der Waals surface area contributed by atoms with Gasteiger partial charge >= 0.3 is 0 Å². The van der Waals surface area contributed by atoms with Crippen molar-refractivity contribution < 1.29 is 9.90 Å². The van der Waals surface area contributed by atoms with Gasteiger partial charge in [-0.3, -0.25) is 19.1 Å². The van der Waals surface area contributed by atoms with E-state index in [0.717, 1.165) is 16.1 Å². The number of H-pyrrole nitrogens is 1. The van der Waals surface area contributed by atoms with Crippen LogP contribution >= 0.6 is 12.2 Å². The number of nitrogens with zero attached hydrogens (tertiary/aromatic N) is 3. The van der Waals surface area contributed by atoms with Crippen LogP contribution in [-0.2, 0) is 11.8 Å². The van der Waals surface area contributed by atoms with Crippen molar-refractivity contribution in [3.05, 3.63) is 61.2 Å². The van der Waals surface area contributed by atoms with Gasteiger partial charge in [0.05, 0.1) is 11.1 Å². The summed E-state index contributed by atoms with van der Waals surface area (Å²) in [5, 5.41) is 12.1. The highest BCUT2D eigenvalue weighted by atomic mass is 32.1. The summed E-state index contributed by atoms with van der Waals surface area (Å²) >= 11 is 5.01. The van der Waals surface area contributed by atoms with Gasteiger partial charge in [-0.1, -0.05) is 18.2 Å². The molecule has 0 saturated heterocycles. The minimum Gasteiger partial charge on any atom is -0.494 e. The number of rotatable bonds is 4. The normalized spacial score (nSPS) is 14.2. The van der Waals surface area contributed by atoms with Crippen LogP contribution in [0.25, 0.3) is 11.6 Å². The molecule has 0 radical (unpaired) electrons. The Morgan fingerprint density at radius 1 is 1.41 bits per heavy atom. The molecule has 0 aliphatic carbocycles. The van der Waals surface area contributed by atoms with Gasteiger partial charge in [0.2, 0.25) is 11.8 Å². The van der Waals surface area contributed by atoms with E-state index in [9.17, 15) is 14.7 Å². The van der Waals surface area contributed by atoms with Gasteiger partial charge in [-0.05, 0) is 36.4 Å². The summed E-state index contributed by atoms with van der Waals surface area (Å²) in [5.74, 6) is -0.242. The summed E-state index contributed by atoms with van der Waals surface area (Å²) in [5.41, 5.74) is 1.12. The van der Waals surface area contributed by atoms with Crippen molar-refractivity contribution in [3.8, 4) is 5.88 Å². The minimum atomic E-state index is -0.477. The quantitative estimate of drug-likeness (QED) is 0.765. The van der Waals surface area contributed by atoms with Gasteiger partial charge in [-0.2, -0.15) is 0 Å². The Morgan fingerprint density at radius 3 is 2.81 bits per heavy atom. The summed E-state index contributed by atoms with van der Waals surface area (Å²) in [6.45, 7) is 2.04. The van der Waals surface area contributed by atoms with E-state index in [1.807, 2.05) is 24.3 Å². The lowest BCUT2D eigenvalue weighted by Crippen LogP contribution is -2.27. The summed E-state index contributed by atoms with van der Waals surface area (Å²) in [6.07, 6.45) is 2.14. The van der Waals surface area contributed by atoms with Gasteiger partial charge in [0.25, 0.3) is 5.56 Å².